The first-order valence-electron chi connectivity index (χ1n) is 12.8. The van der Waals surface area contributed by atoms with Gasteiger partial charge in [-0.25, -0.2) is 9.37 Å². The number of amides is 1. The molecule has 0 aliphatic rings. The zero-order chi connectivity index (χ0) is 27.6. The number of carbonyl (C=O) groups is 1. The molecule has 0 unspecified atom stereocenters. The van der Waals surface area contributed by atoms with Crippen molar-refractivity contribution in [3.8, 4) is 22.8 Å². The van der Waals surface area contributed by atoms with Gasteiger partial charge >= 0.3 is 0 Å². The van der Waals surface area contributed by atoms with E-state index in [1.54, 1.807) is 19.4 Å². The fourth-order valence-electron chi connectivity index (χ4n) is 4.44. The number of alkyl halides is 1. The van der Waals surface area contributed by atoms with Crippen molar-refractivity contribution in [3.05, 3.63) is 78.3 Å². The number of nitrogens with one attached hydrogen (secondary N) is 1. The molecule has 39 heavy (non-hydrogen) atoms. The first kappa shape index (κ1) is 27.6. The van der Waals surface area contributed by atoms with Gasteiger partial charge in [-0.3, -0.25) is 9.79 Å². The maximum absolute atomic E-state index is 13.3. The van der Waals surface area contributed by atoms with E-state index in [9.17, 15) is 9.18 Å². The molecular weight excluding hydrogens is 499 g/mol. The molecule has 0 aliphatic heterocycles. The summed E-state index contributed by atoms with van der Waals surface area (Å²) in [5.41, 5.74) is 6.86. The van der Waals surface area contributed by atoms with E-state index in [2.05, 4.69) is 15.3 Å². The number of rotatable bonds is 13. The molecular formula is C30H33FN4O4. The van der Waals surface area contributed by atoms with Crippen molar-refractivity contribution in [3.63, 3.8) is 0 Å². The monoisotopic (exact) mass is 532 g/mol. The van der Waals surface area contributed by atoms with Crippen LogP contribution in [0.4, 0.5) is 4.39 Å². The van der Waals surface area contributed by atoms with Crippen LogP contribution in [-0.2, 0) is 6.42 Å². The van der Waals surface area contributed by atoms with E-state index in [0.717, 1.165) is 16.3 Å². The van der Waals surface area contributed by atoms with E-state index in [4.69, 9.17) is 19.6 Å². The molecule has 8 nitrogen and oxygen atoms in total. The Bertz CT molecular complexity index is 1420. The van der Waals surface area contributed by atoms with Gasteiger partial charge in [0.25, 0.3) is 5.91 Å². The first-order chi connectivity index (χ1) is 19.0. The molecule has 4 aromatic rings. The zero-order valence-electron chi connectivity index (χ0n) is 22.2. The molecule has 0 fully saturated rings. The Morgan fingerprint density at radius 1 is 1.10 bits per heavy atom. The van der Waals surface area contributed by atoms with Crippen LogP contribution in [-0.4, -0.2) is 50.7 Å². The molecule has 9 heteroatoms. The van der Waals surface area contributed by atoms with Gasteiger partial charge in [0.15, 0.2) is 11.7 Å². The summed E-state index contributed by atoms with van der Waals surface area (Å²) >= 11 is 0. The van der Waals surface area contributed by atoms with Crippen LogP contribution in [0.3, 0.4) is 0 Å². The summed E-state index contributed by atoms with van der Waals surface area (Å²) < 4.78 is 29.6. The van der Waals surface area contributed by atoms with Gasteiger partial charge in [0.05, 0.1) is 26.0 Å². The number of amidine groups is 1. The molecule has 1 aromatic heterocycles. The van der Waals surface area contributed by atoms with Crippen LogP contribution in [0.2, 0.25) is 0 Å². The van der Waals surface area contributed by atoms with Crippen molar-refractivity contribution in [2.45, 2.75) is 19.3 Å². The Morgan fingerprint density at radius 2 is 1.90 bits per heavy atom. The highest BCUT2D eigenvalue weighted by molar-refractivity contribution is 6.02. The van der Waals surface area contributed by atoms with E-state index in [1.807, 2.05) is 54.6 Å². The number of aliphatic imine (C=N–C) groups is 1. The number of fused-ring (bicyclic) bond motifs is 1. The number of hydrogen-bond donors (Lipinski definition) is 2. The molecule has 1 atom stereocenters. The Kier molecular flexibility index (Phi) is 9.50. The minimum atomic E-state index is -0.766. The highest BCUT2D eigenvalue weighted by atomic mass is 19.1. The van der Waals surface area contributed by atoms with Crippen molar-refractivity contribution in [1.29, 1.82) is 0 Å². The second kappa shape index (κ2) is 13.4. The van der Waals surface area contributed by atoms with Crippen molar-refractivity contribution >= 4 is 22.5 Å². The summed E-state index contributed by atoms with van der Waals surface area (Å²) in [7, 11) is 3.14. The van der Waals surface area contributed by atoms with Crippen LogP contribution >= 0.6 is 0 Å². The van der Waals surface area contributed by atoms with Crippen LogP contribution < -0.4 is 20.5 Å². The molecule has 0 bridgehead atoms. The number of ether oxygens (including phenoxy) is 2. The molecule has 4 rings (SSSR count). The van der Waals surface area contributed by atoms with E-state index >= 15 is 0 Å². The highest BCUT2D eigenvalue weighted by Gasteiger charge is 2.19. The second-order valence-electron chi connectivity index (χ2n) is 9.15. The molecule has 1 heterocycles. The van der Waals surface area contributed by atoms with Gasteiger partial charge in [-0.05, 0) is 42.3 Å². The molecule has 3 N–H and O–H groups in total. The number of aromatic nitrogens is 1. The maximum atomic E-state index is 13.3. The molecule has 0 saturated carbocycles. The van der Waals surface area contributed by atoms with Gasteiger partial charge in [0, 0.05) is 30.5 Å². The van der Waals surface area contributed by atoms with Gasteiger partial charge in [-0.1, -0.05) is 42.5 Å². The lowest BCUT2D eigenvalue weighted by Crippen LogP contribution is -2.30. The Morgan fingerprint density at radius 3 is 2.64 bits per heavy atom. The van der Waals surface area contributed by atoms with Crippen molar-refractivity contribution in [2.75, 3.05) is 34.0 Å². The molecule has 0 radical (unpaired) electrons. The SMILES string of the molecule is COc1cc2c(OC)cccc2cc1C(=O)NC[C@@H](CCCN=C(N)CF)Cc1ncc(-c2ccccc2)o1. The summed E-state index contributed by atoms with van der Waals surface area (Å²) in [6.07, 6.45) is 3.60. The Labute approximate surface area is 227 Å². The zero-order valence-corrected chi connectivity index (χ0v) is 22.2. The van der Waals surface area contributed by atoms with Crippen LogP contribution in [0.1, 0.15) is 29.1 Å². The number of carbonyl (C=O) groups excluding carboxylic acids is 1. The number of halogens is 1. The highest BCUT2D eigenvalue weighted by Crippen LogP contribution is 2.32. The quantitative estimate of drug-likeness (QED) is 0.139. The Balaban J connectivity index is 1.48. The van der Waals surface area contributed by atoms with Gasteiger partial charge in [-0.15, -0.1) is 0 Å². The molecule has 0 saturated heterocycles. The Hall–Kier alpha value is -4.40. The number of nitrogens with two attached hydrogens (primary N) is 1. The minimum absolute atomic E-state index is 0.00423. The maximum Gasteiger partial charge on any atom is 0.255 e. The van der Waals surface area contributed by atoms with E-state index < -0.39 is 6.67 Å². The van der Waals surface area contributed by atoms with E-state index in [0.29, 0.717) is 61.1 Å². The molecule has 0 spiro atoms. The number of methoxy groups -OCH3 is 2. The fraction of sp³-hybridized carbons (Fsp3) is 0.300. The summed E-state index contributed by atoms with van der Waals surface area (Å²) in [5, 5.41) is 4.77. The van der Waals surface area contributed by atoms with E-state index in [-0.39, 0.29) is 17.7 Å². The standard InChI is InChI=1S/C30H33FN4O4/c1-37-25-12-6-11-22-15-24(26(38-2)16-23(22)25)30(36)35-18-20(8-7-13-33-28(32)17-31)14-29-34-19-27(39-29)21-9-4-3-5-10-21/h3-6,9-12,15-16,19-20H,7-8,13-14,17-18H2,1-2H3,(H2,32,33)(H,35,36)/t20-/m0/s1. The van der Waals surface area contributed by atoms with Crippen LogP contribution in [0.5, 0.6) is 11.5 Å². The predicted molar refractivity (Wildman–Crippen MR) is 150 cm³/mol. The largest absolute Gasteiger partial charge is 0.496 e. The third kappa shape index (κ3) is 7.13. The third-order valence-electron chi connectivity index (χ3n) is 6.47. The topological polar surface area (TPSA) is 112 Å². The number of hydrogen-bond acceptors (Lipinski definition) is 6. The smallest absolute Gasteiger partial charge is 0.255 e. The lowest BCUT2D eigenvalue weighted by Gasteiger charge is -2.17. The van der Waals surface area contributed by atoms with Crippen LogP contribution in [0.15, 0.2) is 76.3 Å². The summed E-state index contributed by atoms with van der Waals surface area (Å²) in [5.74, 6) is 2.16. The van der Waals surface area contributed by atoms with Gasteiger partial charge in [-0.2, -0.15) is 0 Å². The third-order valence-corrected chi connectivity index (χ3v) is 6.47. The second-order valence-corrected chi connectivity index (χ2v) is 9.15. The van der Waals surface area contributed by atoms with Gasteiger partial charge < -0.3 is 24.9 Å². The van der Waals surface area contributed by atoms with Crippen LogP contribution in [0.25, 0.3) is 22.1 Å². The number of benzene rings is 3. The average Bonchev–Trinajstić information content (AvgIpc) is 3.45. The molecule has 204 valence electrons. The van der Waals surface area contributed by atoms with Gasteiger partial charge in [0.1, 0.15) is 24.0 Å². The average molecular weight is 533 g/mol. The van der Waals surface area contributed by atoms with Gasteiger partial charge in [0.2, 0.25) is 0 Å². The predicted octanol–water partition coefficient (Wildman–Crippen LogP) is 5.21. The molecule has 1 amide bonds. The summed E-state index contributed by atoms with van der Waals surface area (Å²) in [6.45, 7) is 0.0163. The van der Waals surface area contributed by atoms with Crippen molar-refractivity contribution < 1.29 is 23.1 Å². The minimum Gasteiger partial charge on any atom is -0.496 e. The number of oxazole rings is 1. The fourth-order valence-corrected chi connectivity index (χ4v) is 4.44. The normalized spacial score (nSPS) is 12.3. The lowest BCUT2D eigenvalue weighted by atomic mass is 9.98. The van der Waals surface area contributed by atoms with Crippen molar-refractivity contribution in [1.82, 2.24) is 10.3 Å². The van der Waals surface area contributed by atoms with Crippen LogP contribution in [0, 0.1) is 5.92 Å². The van der Waals surface area contributed by atoms with E-state index in [1.165, 1.54) is 7.11 Å². The molecule has 3 aromatic carbocycles. The summed E-state index contributed by atoms with van der Waals surface area (Å²) in [6, 6.07) is 19.0. The van der Waals surface area contributed by atoms with Crippen molar-refractivity contribution in [2.24, 2.45) is 16.6 Å². The lowest BCUT2D eigenvalue weighted by molar-refractivity contribution is 0.0942. The first-order valence-corrected chi connectivity index (χ1v) is 12.8. The number of nitrogens with zero attached hydrogens (tertiary/aromatic N) is 2. The molecule has 0 aliphatic carbocycles. The summed E-state index contributed by atoms with van der Waals surface area (Å²) in [4.78, 5) is 21.8.